The predicted molar refractivity (Wildman–Crippen MR) is 80.5 cm³/mol. The molecular formula is C16H22N2O3. The molecule has 1 atom stereocenters. The summed E-state index contributed by atoms with van der Waals surface area (Å²) in [6, 6.07) is 7.68. The van der Waals surface area contributed by atoms with Gasteiger partial charge in [-0.15, -0.1) is 0 Å². The van der Waals surface area contributed by atoms with E-state index in [1.54, 1.807) is 7.11 Å². The highest BCUT2D eigenvalue weighted by molar-refractivity contribution is 5.83. The monoisotopic (exact) mass is 290 g/mol. The zero-order valence-electron chi connectivity index (χ0n) is 12.4. The van der Waals surface area contributed by atoms with Gasteiger partial charge in [-0.25, -0.2) is 0 Å². The number of hydrogen-bond acceptors (Lipinski definition) is 4. The van der Waals surface area contributed by atoms with E-state index in [1.165, 1.54) is 12.8 Å². The average molecular weight is 290 g/mol. The van der Waals surface area contributed by atoms with Crippen LogP contribution >= 0.6 is 0 Å². The lowest BCUT2D eigenvalue weighted by atomic mass is 10.0. The van der Waals surface area contributed by atoms with Crippen LogP contribution in [-0.4, -0.2) is 38.8 Å². The molecule has 3 rings (SSSR count). The third-order valence-corrected chi connectivity index (χ3v) is 4.36. The lowest BCUT2D eigenvalue weighted by molar-refractivity contribution is -0.127. The number of amides is 1. The van der Waals surface area contributed by atoms with Crippen molar-refractivity contribution in [3.05, 3.63) is 24.3 Å². The molecule has 1 aliphatic carbocycles. The molecule has 1 unspecified atom stereocenters. The Morgan fingerprint density at radius 3 is 3.05 bits per heavy atom. The summed E-state index contributed by atoms with van der Waals surface area (Å²) in [6.45, 7) is 1.98. The molecular weight excluding hydrogens is 268 g/mol. The highest BCUT2D eigenvalue weighted by atomic mass is 16.5. The molecule has 2 N–H and O–H groups in total. The number of benzene rings is 1. The van der Waals surface area contributed by atoms with E-state index in [1.807, 2.05) is 24.3 Å². The van der Waals surface area contributed by atoms with Crippen molar-refractivity contribution < 1.29 is 14.3 Å². The smallest absolute Gasteiger partial charge is 0.262 e. The Bertz CT molecular complexity index is 514. The number of ether oxygens (including phenoxy) is 2. The minimum absolute atomic E-state index is 0.0410. The first-order valence-corrected chi connectivity index (χ1v) is 7.49. The number of nitrogens with one attached hydrogen (secondary N) is 2. The minimum atomic E-state index is -0.460. The molecule has 0 bridgehead atoms. The van der Waals surface area contributed by atoms with Gasteiger partial charge in [0, 0.05) is 20.3 Å². The highest BCUT2D eigenvalue weighted by Gasteiger charge is 2.42. The van der Waals surface area contributed by atoms with E-state index in [9.17, 15) is 4.79 Å². The minimum Gasteiger partial charge on any atom is -0.477 e. The molecule has 114 valence electrons. The number of rotatable bonds is 6. The van der Waals surface area contributed by atoms with Crippen LogP contribution in [0.5, 0.6) is 5.75 Å². The first kappa shape index (κ1) is 14.2. The Hall–Kier alpha value is -1.75. The Labute approximate surface area is 125 Å². The van der Waals surface area contributed by atoms with Crippen LogP contribution in [0.25, 0.3) is 0 Å². The molecule has 1 amide bonds. The summed E-state index contributed by atoms with van der Waals surface area (Å²) in [5.41, 5.74) is 1.20. The molecule has 1 aliphatic heterocycles. The van der Waals surface area contributed by atoms with Gasteiger partial charge < -0.3 is 20.1 Å². The molecule has 0 radical (unpaired) electrons. The van der Waals surface area contributed by atoms with E-state index >= 15 is 0 Å². The van der Waals surface area contributed by atoms with E-state index in [0.29, 0.717) is 6.54 Å². The van der Waals surface area contributed by atoms with E-state index in [2.05, 4.69) is 10.6 Å². The van der Waals surface area contributed by atoms with Gasteiger partial charge in [-0.1, -0.05) is 12.1 Å². The standard InChI is InChI=1S/C16H22N2O3/c1-20-9-8-16(6-7-16)11-18-15(19)14-10-17-12-4-2-3-5-13(12)21-14/h2-5,14,17H,6-11H2,1H3,(H,18,19). The molecule has 0 aromatic heterocycles. The summed E-state index contributed by atoms with van der Waals surface area (Å²) in [6.07, 6.45) is 2.89. The van der Waals surface area contributed by atoms with Crippen LogP contribution in [0.4, 0.5) is 5.69 Å². The summed E-state index contributed by atoms with van der Waals surface area (Å²) in [4.78, 5) is 12.2. The van der Waals surface area contributed by atoms with E-state index in [-0.39, 0.29) is 11.3 Å². The van der Waals surface area contributed by atoms with Gasteiger partial charge >= 0.3 is 0 Å². The van der Waals surface area contributed by atoms with Crippen molar-refractivity contribution in [1.82, 2.24) is 5.32 Å². The van der Waals surface area contributed by atoms with Crippen LogP contribution in [0.2, 0.25) is 0 Å². The Kier molecular flexibility index (Phi) is 4.01. The molecule has 0 spiro atoms. The molecule has 2 aliphatic rings. The average Bonchev–Trinajstić information content (AvgIpc) is 3.30. The van der Waals surface area contributed by atoms with Crippen molar-refractivity contribution in [3.8, 4) is 5.75 Å². The molecule has 1 heterocycles. The first-order chi connectivity index (χ1) is 10.2. The third-order valence-electron chi connectivity index (χ3n) is 4.36. The third kappa shape index (κ3) is 3.29. The number of anilines is 1. The van der Waals surface area contributed by atoms with Gasteiger partial charge in [-0.3, -0.25) is 4.79 Å². The molecule has 5 heteroatoms. The number of hydrogen-bond donors (Lipinski definition) is 2. The maximum Gasteiger partial charge on any atom is 0.262 e. The lowest BCUT2D eigenvalue weighted by Gasteiger charge is -2.27. The van der Waals surface area contributed by atoms with Crippen LogP contribution in [-0.2, 0) is 9.53 Å². The van der Waals surface area contributed by atoms with Crippen LogP contribution in [0.1, 0.15) is 19.3 Å². The molecule has 1 saturated carbocycles. The largest absolute Gasteiger partial charge is 0.477 e. The van der Waals surface area contributed by atoms with Crippen molar-refractivity contribution >= 4 is 11.6 Å². The van der Waals surface area contributed by atoms with Gasteiger partial charge in [-0.2, -0.15) is 0 Å². The van der Waals surface area contributed by atoms with Gasteiger partial charge in [0.25, 0.3) is 5.91 Å². The van der Waals surface area contributed by atoms with E-state index in [0.717, 1.165) is 31.0 Å². The fourth-order valence-corrected chi connectivity index (χ4v) is 2.66. The fourth-order valence-electron chi connectivity index (χ4n) is 2.66. The summed E-state index contributed by atoms with van der Waals surface area (Å²) < 4.78 is 10.9. The molecule has 1 aromatic rings. The van der Waals surface area contributed by atoms with Gasteiger partial charge in [0.15, 0.2) is 6.10 Å². The second kappa shape index (κ2) is 5.93. The first-order valence-electron chi connectivity index (χ1n) is 7.49. The Morgan fingerprint density at radius 2 is 2.29 bits per heavy atom. The van der Waals surface area contributed by atoms with Crippen LogP contribution in [0.15, 0.2) is 24.3 Å². The second-order valence-corrected chi connectivity index (χ2v) is 5.94. The summed E-state index contributed by atoms with van der Waals surface area (Å²) >= 11 is 0. The molecule has 1 fully saturated rings. The maximum atomic E-state index is 12.2. The quantitative estimate of drug-likeness (QED) is 0.838. The predicted octanol–water partition coefficient (Wildman–Crippen LogP) is 1.79. The second-order valence-electron chi connectivity index (χ2n) is 5.94. The van der Waals surface area contributed by atoms with Gasteiger partial charge in [0.05, 0.1) is 12.2 Å². The van der Waals surface area contributed by atoms with Crippen molar-refractivity contribution in [2.75, 3.05) is 32.1 Å². The molecule has 21 heavy (non-hydrogen) atoms. The lowest BCUT2D eigenvalue weighted by Crippen LogP contribution is -2.46. The molecule has 0 saturated heterocycles. The zero-order chi connectivity index (χ0) is 14.7. The SMILES string of the molecule is COCCC1(CNC(=O)C2CNc3ccccc3O2)CC1. The van der Waals surface area contributed by atoms with Crippen molar-refractivity contribution in [3.63, 3.8) is 0 Å². The van der Waals surface area contributed by atoms with Crippen molar-refractivity contribution in [2.24, 2.45) is 5.41 Å². The summed E-state index contributed by atoms with van der Waals surface area (Å²) in [7, 11) is 1.72. The molecule has 1 aromatic carbocycles. The van der Waals surface area contributed by atoms with Gasteiger partial charge in [-0.05, 0) is 36.8 Å². The normalized spacial score (nSPS) is 21.7. The molecule has 5 nitrogen and oxygen atoms in total. The number of carbonyl (C=O) groups is 1. The zero-order valence-corrected chi connectivity index (χ0v) is 12.4. The number of fused-ring (bicyclic) bond motifs is 1. The van der Waals surface area contributed by atoms with E-state index < -0.39 is 6.10 Å². The summed E-state index contributed by atoms with van der Waals surface area (Å²) in [5, 5.41) is 6.27. The van der Waals surface area contributed by atoms with Crippen molar-refractivity contribution in [1.29, 1.82) is 0 Å². The maximum absolute atomic E-state index is 12.2. The number of carbonyl (C=O) groups excluding carboxylic acids is 1. The number of methoxy groups -OCH3 is 1. The van der Waals surface area contributed by atoms with Gasteiger partial charge in [0.2, 0.25) is 0 Å². The Balaban J connectivity index is 1.51. The highest BCUT2D eigenvalue weighted by Crippen LogP contribution is 2.48. The fraction of sp³-hybridized carbons (Fsp3) is 0.562. The summed E-state index contributed by atoms with van der Waals surface area (Å²) in [5.74, 6) is 0.699. The van der Waals surface area contributed by atoms with Crippen LogP contribution in [0, 0.1) is 5.41 Å². The van der Waals surface area contributed by atoms with E-state index in [4.69, 9.17) is 9.47 Å². The van der Waals surface area contributed by atoms with Gasteiger partial charge in [0.1, 0.15) is 5.75 Å². The number of para-hydroxylation sites is 2. The van der Waals surface area contributed by atoms with Crippen LogP contribution in [0.3, 0.4) is 0 Å². The van der Waals surface area contributed by atoms with Crippen molar-refractivity contribution in [2.45, 2.75) is 25.4 Å². The Morgan fingerprint density at radius 1 is 1.48 bits per heavy atom. The van der Waals surface area contributed by atoms with Crippen LogP contribution < -0.4 is 15.4 Å². The topological polar surface area (TPSA) is 59.6 Å².